The number of aromatic nitrogens is 1. The van der Waals surface area contributed by atoms with E-state index < -0.39 is 5.54 Å². The van der Waals surface area contributed by atoms with Crippen molar-refractivity contribution in [1.82, 2.24) is 9.88 Å². The maximum absolute atomic E-state index is 12.4. The number of hydrogen-bond acceptors (Lipinski definition) is 6. The van der Waals surface area contributed by atoms with Crippen molar-refractivity contribution in [3.8, 4) is 0 Å². The van der Waals surface area contributed by atoms with Gasteiger partial charge in [0.2, 0.25) is 5.91 Å². The van der Waals surface area contributed by atoms with Crippen LogP contribution in [0.3, 0.4) is 0 Å². The number of guanidine groups is 1. The molecule has 0 bridgehead atoms. The van der Waals surface area contributed by atoms with Gasteiger partial charge in [0.25, 0.3) is 5.91 Å². The van der Waals surface area contributed by atoms with Gasteiger partial charge < -0.3 is 16.2 Å². The Morgan fingerprint density at radius 2 is 1.91 bits per heavy atom. The maximum atomic E-state index is 12.4. The van der Waals surface area contributed by atoms with Crippen molar-refractivity contribution in [2.75, 3.05) is 12.4 Å². The van der Waals surface area contributed by atoms with Gasteiger partial charge in [-0.25, -0.2) is 4.99 Å². The van der Waals surface area contributed by atoms with Gasteiger partial charge in [0.15, 0.2) is 5.96 Å². The number of benzene rings is 1. The Morgan fingerprint density at radius 1 is 1.24 bits per heavy atom. The molecule has 8 heteroatoms. The van der Waals surface area contributed by atoms with Crippen LogP contribution in [0, 0.1) is 0 Å². The van der Waals surface area contributed by atoms with E-state index in [1.54, 1.807) is 51.4 Å². The summed E-state index contributed by atoms with van der Waals surface area (Å²) >= 11 is 0. The van der Waals surface area contributed by atoms with E-state index in [0.29, 0.717) is 17.8 Å². The molecule has 1 aliphatic rings. The lowest BCUT2D eigenvalue weighted by Gasteiger charge is -2.36. The van der Waals surface area contributed by atoms with Gasteiger partial charge in [0.1, 0.15) is 5.69 Å². The molecule has 2 amide bonds. The highest BCUT2D eigenvalue weighted by atomic mass is 16.3. The topological polar surface area (TPSA) is 121 Å². The molecule has 3 rings (SSSR count). The zero-order chi connectivity index (χ0) is 25.0. The number of aliphatic imine (C=N–C) groups is 1. The first-order valence-corrected chi connectivity index (χ1v) is 11.3. The van der Waals surface area contributed by atoms with Crippen LogP contribution < -0.4 is 11.1 Å². The van der Waals surface area contributed by atoms with Gasteiger partial charge in [0.05, 0.1) is 12.0 Å². The predicted octanol–water partition coefficient (Wildman–Crippen LogP) is 3.92. The summed E-state index contributed by atoms with van der Waals surface area (Å²) in [6, 6.07) is 12.6. The molecule has 1 atom stereocenters. The SMILES string of the molecule is CC.CC(C)O.CCC[C@@]1(c2cccc(NC(=O)c3ccccn3)c2)CC(=O)N(C)C(N)=N1. The fraction of sp³-hybridized carbons (Fsp3) is 0.440. The Bertz CT molecular complexity index is 928. The number of nitrogens with two attached hydrogens (primary N) is 1. The monoisotopic (exact) mass is 455 g/mol. The molecule has 0 saturated carbocycles. The summed E-state index contributed by atoms with van der Waals surface area (Å²) in [7, 11) is 1.63. The van der Waals surface area contributed by atoms with Crippen LogP contribution in [-0.4, -0.2) is 45.9 Å². The molecule has 1 aromatic heterocycles. The Kier molecular flexibility index (Phi) is 11.2. The number of carbonyl (C=O) groups is 2. The van der Waals surface area contributed by atoms with Crippen LogP contribution in [0.4, 0.5) is 5.69 Å². The molecule has 1 aromatic carbocycles. The van der Waals surface area contributed by atoms with E-state index >= 15 is 0 Å². The third-order valence-corrected chi connectivity index (χ3v) is 4.71. The normalized spacial score (nSPS) is 17.3. The second-order valence-electron chi connectivity index (χ2n) is 7.72. The lowest BCUT2D eigenvalue weighted by atomic mass is 9.81. The number of nitrogens with one attached hydrogen (secondary N) is 1. The van der Waals surface area contributed by atoms with E-state index in [1.165, 1.54) is 4.90 Å². The Morgan fingerprint density at radius 3 is 2.45 bits per heavy atom. The van der Waals surface area contributed by atoms with Crippen molar-refractivity contribution < 1.29 is 14.7 Å². The number of aliphatic hydroxyl groups excluding tert-OH is 1. The molecule has 0 fully saturated rings. The molecule has 0 saturated heterocycles. The molecule has 8 nitrogen and oxygen atoms in total. The molecule has 0 radical (unpaired) electrons. The number of hydrogen-bond donors (Lipinski definition) is 3. The van der Waals surface area contributed by atoms with Gasteiger partial charge >= 0.3 is 0 Å². The molecule has 1 aliphatic heterocycles. The third kappa shape index (κ3) is 7.98. The fourth-order valence-corrected chi connectivity index (χ4v) is 3.28. The minimum Gasteiger partial charge on any atom is -0.394 e. The summed E-state index contributed by atoms with van der Waals surface area (Å²) in [5.41, 5.74) is 7.08. The molecule has 2 aromatic rings. The van der Waals surface area contributed by atoms with E-state index in [1.807, 2.05) is 39.0 Å². The molecule has 180 valence electrons. The molecule has 0 aliphatic carbocycles. The van der Waals surface area contributed by atoms with Crippen LogP contribution in [0.25, 0.3) is 0 Å². The summed E-state index contributed by atoms with van der Waals surface area (Å²) in [5, 5.41) is 10.9. The van der Waals surface area contributed by atoms with Crippen molar-refractivity contribution >= 4 is 23.5 Å². The average molecular weight is 456 g/mol. The van der Waals surface area contributed by atoms with Crippen LogP contribution in [0.15, 0.2) is 53.7 Å². The maximum Gasteiger partial charge on any atom is 0.274 e. The van der Waals surface area contributed by atoms with Gasteiger partial charge in [0, 0.05) is 25.0 Å². The van der Waals surface area contributed by atoms with E-state index in [4.69, 9.17) is 10.8 Å². The largest absolute Gasteiger partial charge is 0.394 e. The van der Waals surface area contributed by atoms with Crippen molar-refractivity contribution in [2.24, 2.45) is 10.7 Å². The quantitative estimate of drug-likeness (QED) is 0.631. The lowest BCUT2D eigenvalue weighted by molar-refractivity contribution is -0.128. The van der Waals surface area contributed by atoms with E-state index in [2.05, 4.69) is 15.3 Å². The van der Waals surface area contributed by atoms with Crippen LogP contribution in [0.1, 0.15) is 69.9 Å². The highest BCUT2D eigenvalue weighted by molar-refractivity contribution is 6.03. The molecular weight excluding hydrogens is 418 g/mol. The first kappa shape index (κ1) is 27.8. The Balaban J connectivity index is 0.000000820. The molecule has 2 heterocycles. The number of anilines is 1. The Labute approximate surface area is 196 Å². The fourth-order valence-electron chi connectivity index (χ4n) is 3.28. The van der Waals surface area contributed by atoms with Crippen LogP contribution in [-0.2, 0) is 10.3 Å². The van der Waals surface area contributed by atoms with Crippen LogP contribution >= 0.6 is 0 Å². The third-order valence-electron chi connectivity index (χ3n) is 4.71. The number of carbonyl (C=O) groups excluding carboxylic acids is 2. The lowest BCUT2D eigenvalue weighted by Crippen LogP contribution is -2.48. The first-order chi connectivity index (χ1) is 15.7. The van der Waals surface area contributed by atoms with Gasteiger partial charge in [-0.2, -0.15) is 0 Å². The number of pyridine rings is 1. The number of rotatable bonds is 5. The van der Waals surface area contributed by atoms with Crippen LogP contribution in [0.5, 0.6) is 0 Å². The van der Waals surface area contributed by atoms with E-state index in [-0.39, 0.29) is 30.3 Å². The number of nitrogens with zero attached hydrogens (tertiary/aromatic N) is 3. The highest BCUT2D eigenvalue weighted by Crippen LogP contribution is 2.38. The summed E-state index contributed by atoms with van der Waals surface area (Å²) in [6.07, 6.45) is 3.18. The van der Waals surface area contributed by atoms with Gasteiger partial charge in [-0.05, 0) is 50.1 Å². The average Bonchev–Trinajstić information content (AvgIpc) is 2.79. The molecule has 0 spiro atoms. The van der Waals surface area contributed by atoms with Gasteiger partial charge in [-0.15, -0.1) is 0 Å². The first-order valence-electron chi connectivity index (χ1n) is 11.3. The number of amides is 2. The van der Waals surface area contributed by atoms with E-state index in [0.717, 1.165) is 12.0 Å². The van der Waals surface area contributed by atoms with Crippen molar-refractivity contribution in [3.05, 3.63) is 59.9 Å². The van der Waals surface area contributed by atoms with Crippen LogP contribution in [0.2, 0.25) is 0 Å². The van der Waals surface area contributed by atoms with Gasteiger partial charge in [-0.3, -0.25) is 19.5 Å². The van der Waals surface area contributed by atoms with Crippen molar-refractivity contribution in [3.63, 3.8) is 0 Å². The molecule has 33 heavy (non-hydrogen) atoms. The van der Waals surface area contributed by atoms with Gasteiger partial charge in [-0.1, -0.05) is 45.4 Å². The summed E-state index contributed by atoms with van der Waals surface area (Å²) in [6.45, 7) is 9.49. The zero-order valence-corrected chi connectivity index (χ0v) is 20.5. The smallest absolute Gasteiger partial charge is 0.274 e. The predicted molar refractivity (Wildman–Crippen MR) is 133 cm³/mol. The highest BCUT2D eigenvalue weighted by Gasteiger charge is 2.39. The van der Waals surface area contributed by atoms with E-state index in [9.17, 15) is 9.59 Å². The van der Waals surface area contributed by atoms with Crippen molar-refractivity contribution in [2.45, 2.75) is 65.5 Å². The minimum absolute atomic E-state index is 0.0705. The van der Waals surface area contributed by atoms with Crippen molar-refractivity contribution in [1.29, 1.82) is 0 Å². The summed E-state index contributed by atoms with van der Waals surface area (Å²) in [4.78, 5) is 34.9. The molecular formula is C25H37N5O3. The second-order valence-corrected chi connectivity index (χ2v) is 7.72. The zero-order valence-electron chi connectivity index (χ0n) is 20.5. The molecule has 0 unspecified atom stereocenters. The standard InChI is InChI=1S/C20H23N5O2.C3H8O.C2H6/c1-3-10-20(13-17(26)25(2)19(21)24-20)14-7-6-8-15(12-14)23-18(27)16-9-4-5-11-22-16;1-3(2)4;1-2/h4-9,11-12H,3,10,13H2,1-2H3,(H2,21,24)(H,23,27);3-4H,1-2H3;1-2H3/t20-;;/m0../s1. The number of aliphatic hydroxyl groups is 1. The second kappa shape index (κ2) is 13.3. The molecule has 4 N–H and O–H groups in total. The Hall–Kier alpha value is -3.26. The summed E-state index contributed by atoms with van der Waals surface area (Å²) in [5.74, 6) is -0.152. The summed E-state index contributed by atoms with van der Waals surface area (Å²) < 4.78 is 0. The minimum atomic E-state index is -0.714.